The maximum atomic E-state index is 5.70. The van der Waals surface area contributed by atoms with Gasteiger partial charge in [-0.25, -0.2) is 4.98 Å². The van der Waals surface area contributed by atoms with Gasteiger partial charge in [0, 0.05) is 33.0 Å². The molecule has 0 fully saturated rings. The van der Waals surface area contributed by atoms with Crippen LogP contribution in [0.15, 0.2) is 12.4 Å². The van der Waals surface area contributed by atoms with E-state index < -0.39 is 0 Å². The molecule has 1 atom stereocenters. The van der Waals surface area contributed by atoms with Crippen LogP contribution in [0.2, 0.25) is 0 Å². The lowest BCUT2D eigenvalue weighted by molar-refractivity contribution is -0.0478. The zero-order valence-electron chi connectivity index (χ0n) is 11.2. The van der Waals surface area contributed by atoms with Crippen LogP contribution >= 0.6 is 0 Å². The van der Waals surface area contributed by atoms with Crippen LogP contribution in [0.3, 0.4) is 0 Å². The maximum Gasteiger partial charge on any atom is 0.110 e. The SMILES string of the molecule is CCC(CC)(OC)C(Cc1nccn1C)NN. The predicted molar refractivity (Wildman–Crippen MR) is 68.3 cm³/mol. The van der Waals surface area contributed by atoms with Crippen LogP contribution in [-0.2, 0) is 18.2 Å². The van der Waals surface area contributed by atoms with Crippen molar-refractivity contribution in [3.63, 3.8) is 0 Å². The zero-order chi connectivity index (χ0) is 12.9. The fourth-order valence-corrected chi connectivity index (χ4v) is 2.35. The van der Waals surface area contributed by atoms with Gasteiger partial charge in [0.05, 0.1) is 11.6 Å². The van der Waals surface area contributed by atoms with Crippen molar-refractivity contribution in [2.45, 2.75) is 44.8 Å². The largest absolute Gasteiger partial charge is 0.377 e. The number of aromatic nitrogens is 2. The summed E-state index contributed by atoms with van der Waals surface area (Å²) < 4.78 is 7.71. The molecule has 1 heterocycles. The number of aryl methyl sites for hydroxylation is 1. The summed E-state index contributed by atoms with van der Waals surface area (Å²) >= 11 is 0. The van der Waals surface area contributed by atoms with Gasteiger partial charge in [-0.05, 0) is 12.8 Å². The Balaban J connectivity index is 2.87. The van der Waals surface area contributed by atoms with Crippen molar-refractivity contribution in [1.29, 1.82) is 0 Å². The van der Waals surface area contributed by atoms with E-state index >= 15 is 0 Å². The molecular formula is C12H24N4O. The first-order chi connectivity index (χ1) is 8.13. The van der Waals surface area contributed by atoms with Crippen LogP contribution < -0.4 is 11.3 Å². The third-order valence-electron chi connectivity index (χ3n) is 3.75. The summed E-state index contributed by atoms with van der Waals surface area (Å²) in [6.07, 6.45) is 6.33. The third kappa shape index (κ3) is 2.86. The zero-order valence-corrected chi connectivity index (χ0v) is 11.2. The summed E-state index contributed by atoms with van der Waals surface area (Å²) in [5.74, 6) is 6.70. The molecule has 0 aliphatic carbocycles. The Bertz CT molecular complexity index is 325. The molecule has 1 rings (SSSR count). The van der Waals surface area contributed by atoms with Crippen molar-refractivity contribution in [3.05, 3.63) is 18.2 Å². The van der Waals surface area contributed by atoms with Crippen LogP contribution in [0.5, 0.6) is 0 Å². The van der Waals surface area contributed by atoms with Gasteiger partial charge >= 0.3 is 0 Å². The predicted octanol–water partition coefficient (Wildman–Crippen LogP) is 1.000. The fourth-order valence-electron chi connectivity index (χ4n) is 2.35. The molecule has 0 amide bonds. The number of methoxy groups -OCH3 is 1. The van der Waals surface area contributed by atoms with E-state index in [1.165, 1.54) is 0 Å². The molecule has 0 spiro atoms. The van der Waals surface area contributed by atoms with Gasteiger partial charge in [-0.3, -0.25) is 11.3 Å². The molecule has 5 heteroatoms. The summed E-state index contributed by atoms with van der Waals surface area (Å²) in [6.45, 7) is 4.24. The molecule has 1 unspecified atom stereocenters. The monoisotopic (exact) mass is 240 g/mol. The van der Waals surface area contributed by atoms with Crippen molar-refractivity contribution >= 4 is 0 Å². The number of hydrogen-bond donors (Lipinski definition) is 2. The van der Waals surface area contributed by atoms with Crippen LogP contribution in [0.1, 0.15) is 32.5 Å². The number of ether oxygens (including phenoxy) is 1. The Hall–Kier alpha value is -0.910. The van der Waals surface area contributed by atoms with E-state index in [2.05, 4.69) is 24.3 Å². The topological polar surface area (TPSA) is 65.1 Å². The van der Waals surface area contributed by atoms with Crippen LogP contribution in [-0.4, -0.2) is 28.3 Å². The van der Waals surface area contributed by atoms with E-state index in [-0.39, 0.29) is 11.6 Å². The molecule has 0 saturated heterocycles. The highest BCUT2D eigenvalue weighted by atomic mass is 16.5. The molecule has 98 valence electrons. The lowest BCUT2D eigenvalue weighted by atomic mass is 9.86. The molecule has 0 aromatic carbocycles. The first-order valence-electron chi connectivity index (χ1n) is 6.11. The molecule has 0 aliphatic heterocycles. The Morgan fingerprint density at radius 3 is 2.53 bits per heavy atom. The van der Waals surface area contributed by atoms with Crippen molar-refractivity contribution in [2.24, 2.45) is 12.9 Å². The lowest BCUT2D eigenvalue weighted by Crippen LogP contribution is -2.55. The van der Waals surface area contributed by atoms with Crippen molar-refractivity contribution in [2.75, 3.05) is 7.11 Å². The number of rotatable bonds is 7. The Morgan fingerprint density at radius 2 is 2.18 bits per heavy atom. The fraction of sp³-hybridized carbons (Fsp3) is 0.750. The number of imidazole rings is 1. The maximum absolute atomic E-state index is 5.70. The van der Waals surface area contributed by atoms with Crippen LogP contribution in [0.25, 0.3) is 0 Å². The van der Waals surface area contributed by atoms with Gasteiger partial charge in [0.15, 0.2) is 0 Å². The van der Waals surface area contributed by atoms with Gasteiger partial charge in [0.1, 0.15) is 5.82 Å². The van der Waals surface area contributed by atoms with Gasteiger partial charge in [-0.1, -0.05) is 13.8 Å². The van der Waals surface area contributed by atoms with Crippen LogP contribution in [0.4, 0.5) is 0 Å². The summed E-state index contributed by atoms with van der Waals surface area (Å²) in [5, 5.41) is 0. The summed E-state index contributed by atoms with van der Waals surface area (Å²) in [5.41, 5.74) is 2.65. The van der Waals surface area contributed by atoms with E-state index in [4.69, 9.17) is 10.6 Å². The summed E-state index contributed by atoms with van der Waals surface area (Å²) in [4.78, 5) is 4.33. The van der Waals surface area contributed by atoms with Gasteiger partial charge in [0.2, 0.25) is 0 Å². The number of nitrogens with zero attached hydrogens (tertiary/aromatic N) is 2. The quantitative estimate of drug-likeness (QED) is 0.551. The van der Waals surface area contributed by atoms with Crippen molar-refractivity contribution < 1.29 is 4.74 Å². The minimum Gasteiger partial charge on any atom is -0.377 e. The van der Waals surface area contributed by atoms with E-state index in [1.54, 1.807) is 13.3 Å². The Kier molecular flexibility index (Phi) is 5.11. The number of hydrazine groups is 1. The molecular weight excluding hydrogens is 216 g/mol. The number of hydrogen-bond acceptors (Lipinski definition) is 4. The first kappa shape index (κ1) is 14.2. The highest BCUT2D eigenvalue weighted by molar-refractivity contribution is 5.00. The molecule has 17 heavy (non-hydrogen) atoms. The highest BCUT2D eigenvalue weighted by Crippen LogP contribution is 2.25. The van der Waals surface area contributed by atoms with E-state index in [0.717, 1.165) is 25.1 Å². The molecule has 0 radical (unpaired) electrons. The van der Waals surface area contributed by atoms with E-state index in [0.29, 0.717) is 0 Å². The average molecular weight is 240 g/mol. The molecule has 1 aromatic rings. The number of nitrogens with one attached hydrogen (secondary N) is 1. The second-order valence-electron chi connectivity index (χ2n) is 4.35. The van der Waals surface area contributed by atoms with E-state index in [1.807, 2.05) is 17.8 Å². The molecule has 3 N–H and O–H groups in total. The molecule has 0 aliphatic rings. The van der Waals surface area contributed by atoms with E-state index in [9.17, 15) is 0 Å². The third-order valence-corrected chi connectivity index (χ3v) is 3.75. The number of nitrogens with two attached hydrogens (primary N) is 1. The van der Waals surface area contributed by atoms with Gasteiger partial charge in [-0.2, -0.15) is 0 Å². The Morgan fingerprint density at radius 1 is 1.53 bits per heavy atom. The van der Waals surface area contributed by atoms with Gasteiger partial charge in [0.25, 0.3) is 0 Å². The normalized spacial score (nSPS) is 13.9. The molecule has 1 aromatic heterocycles. The van der Waals surface area contributed by atoms with Crippen molar-refractivity contribution in [1.82, 2.24) is 15.0 Å². The minimum atomic E-state index is -0.235. The van der Waals surface area contributed by atoms with Crippen LogP contribution in [0, 0.1) is 0 Å². The second-order valence-corrected chi connectivity index (χ2v) is 4.35. The minimum absolute atomic E-state index is 0.0589. The van der Waals surface area contributed by atoms with Gasteiger partial charge < -0.3 is 9.30 Å². The van der Waals surface area contributed by atoms with Gasteiger partial charge in [-0.15, -0.1) is 0 Å². The molecule has 0 bridgehead atoms. The second kappa shape index (κ2) is 6.14. The standard InChI is InChI=1S/C12H24N4O/c1-5-12(6-2,17-4)10(15-13)9-11-14-7-8-16(11)3/h7-8,10,15H,5-6,9,13H2,1-4H3. The summed E-state index contributed by atoms with van der Waals surface area (Å²) in [7, 11) is 3.73. The summed E-state index contributed by atoms with van der Waals surface area (Å²) in [6, 6.07) is 0.0589. The molecule has 5 nitrogen and oxygen atoms in total. The Labute approximate surface area is 103 Å². The smallest absolute Gasteiger partial charge is 0.110 e. The first-order valence-corrected chi connectivity index (χ1v) is 6.11. The average Bonchev–Trinajstić information content (AvgIpc) is 2.76. The van der Waals surface area contributed by atoms with Crippen molar-refractivity contribution in [3.8, 4) is 0 Å². The lowest BCUT2D eigenvalue weighted by Gasteiger charge is -2.37. The highest BCUT2D eigenvalue weighted by Gasteiger charge is 2.35. The molecule has 0 saturated carbocycles.